The lowest BCUT2D eigenvalue weighted by molar-refractivity contribution is 0.187. The molecule has 5 nitrogen and oxygen atoms in total. The summed E-state index contributed by atoms with van der Waals surface area (Å²) in [6.45, 7) is 4.22. The zero-order valence-electron chi connectivity index (χ0n) is 15.7. The zero-order valence-corrected chi connectivity index (χ0v) is 18.1. The summed E-state index contributed by atoms with van der Waals surface area (Å²) in [7, 11) is 0. The molecule has 148 valence electrons. The SMILES string of the molecule is I.c1ccc(CCCNC(=NCC2CCOC2)NCCc2ccco2)cc1. The molecule has 1 aromatic carbocycles. The fourth-order valence-electron chi connectivity index (χ4n) is 3.02. The first-order chi connectivity index (χ1) is 12.9. The summed E-state index contributed by atoms with van der Waals surface area (Å²) in [5.41, 5.74) is 1.38. The van der Waals surface area contributed by atoms with E-state index in [9.17, 15) is 0 Å². The van der Waals surface area contributed by atoms with E-state index < -0.39 is 0 Å². The summed E-state index contributed by atoms with van der Waals surface area (Å²) in [6, 6.07) is 14.5. The molecule has 0 spiro atoms. The lowest BCUT2D eigenvalue weighted by Crippen LogP contribution is -2.39. The van der Waals surface area contributed by atoms with Crippen LogP contribution in [0.3, 0.4) is 0 Å². The van der Waals surface area contributed by atoms with Gasteiger partial charge in [-0.3, -0.25) is 4.99 Å². The van der Waals surface area contributed by atoms with Gasteiger partial charge in [0.15, 0.2) is 5.96 Å². The smallest absolute Gasteiger partial charge is 0.191 e. The van der Waals surface area contributed by atoms with Crippen LogP contribution < -0.4 is 10.6 Å². The van der Waals surface area contributed by atoms with Gasteiger partial charge in [0.1, 0.15) is 5.76 Å². The molecule has 6 heteroatoms. The molecule has 2 aromatic rings. The highest BCUT2D eigenvalue weighted by Crippen LogP contribution is 2.12. The quantitative estimate of drug-likeness (QED) is 0.248. The first kappa shape index (κ1) is 21.8. The molecule has 1 aliphatic rings. The Kier molecular flexibility index (Phi) is 10.3. The number of furan rings is 1. The second-order valence-electron chi connectivity index (χ2n) is 6.69. The van der Waals surface area contributed by atoms with Crippen LogP contribution in [0.15, 0.2) is 58.1 Å². The lowest BCUT2D eigenvalue weighted by Gasteiger charge is -2.13. The fraction of sp³-hybridized carbons (Fsp3) is 0.476. The van der Waals surface area contributed by atoms with Crippen molar-refractivity contribution in [1.29, 1.82) is 0 Å². The van der Waals surface area contributed by atoms with Gasteiger partial charge in [0.05, 0.1) is 12.9 Å². The average molecular weight is 483 g/mol. The maximum absolute atomic E-state index is 5.44. The molecular weight excluding hydrogens is 453 g/mol. The van der Waals surface area contributed by atoms with Gasteiger partial charge in [-0.15, -0.1) is 24.0 Å². The normalized spacial score (nSPS) is 16.7. The topological polar surface area (TPSA) is 58.8 Å². The predicted octanol–water partition coefficient (Wildman–Crippen LogP) is 3.64. The molecule has 1 aromatic heterocycles. The highest BCUT2D eigenvalue weighted by atomic mass is 127. The Bertz CT molecular complexity index is 641. The van der Waals surface area contributed by atoms with Crippen molar-refractivity contribution in [2.75, 3.05) is 32.8 Å². The van der Waals surface area contributed by atoms with E-state index in [-0.39, 0.29) is 24.0 Å². The molecule has 0 bridgehead atoms. The summed E-state index contributed by atoms with van der Waals surface area (Å²) < 4.78 is 10.8. The van der Waals surface area contributed by atoms with Crippen molar-refractivity contribution in [2.45, 2.75) is 25.7 Å². The number of hydrogen-bond donors (Lipinski definition) is 2. The number of guanidine groups is 1. The molecule has 1 atom stereocenters. The minimum Gasteiger partial charge on any atom is -0.469 e. The third-order valence-electron chi connectivity index (χ3n) is 4.55. The Labute approximate surface area is 179 Å². The van der Waals surface area contributed by atoms with Gasteiger partial charge in [-0.05, 0) is 37.0 Å². The second-order valence-corrected chi connectivity index (χ2v) is 6.69. The highest BCUT2D eigenvalue weighted by molar-refractivity contribution is 14.0. The van der Waals surface area contributed by atoms with E-state index in [1.54, 1.807) is 6.26 Å². The first-order valence-electron chi connectivity index (χ1n) is 9.56. The molecule has 1 saturated heterocycles. The van der Waals surface area contributed by atoms with E-state index >= 15 is 0 Å². The maximum Gasteiger partial charge on any atom is 0.191 e. The van der Waals surface area contributed by atoms with E-state index in [4.69, 9.17) is 14.1 Å². The number of ether oxygens (including phenoxy) is 1. The van der Waals surface area contributed by atoms with Crippen LogP contribution in [0.5, 0.6) is 0 Å². The molecule has 1 aliphatic heterocycles. The number of nitrogens with one attached hydrogen (secondary N) is 2. The summed E-state index contributed by atoms with van der Waals surface area (Å²) in [6.07, 6.45) is 5.83. The van der Waals surface area contributed by atoms with Gasteiger partial charge >= 0.3 is 0 Å². The second kappa shape index (κ2) is 12.8. The number of aliphatic imine (C=N–C) groups is 1. The third-order valence-corrected chi connectivity index (χ3v) is 4.55. The molecule has 2 heterocycles. The third kappa shape index (κ3) is 8.34. The number of rotatable bonds is 9. The predicted molar refractivity (Wildman–Crippen MR) is 120 cm³/mol. The molecular formula is C21H30IN3O2. The van der Waals surface area contributed by atoms with Crippen molar-refractivity contribution in [3.05, 3.63) is 60.1 Å². The zero-order chi connectivity index (χ0) is 17.9. The van der Waals surface area contributed by atoms with Crippen LogP contribution in [0.25, 0.3) is 0 Å². The monoisotopic (exact) mass is 483 g/mol. The van der Waals surface area contributed by atoms with Crippen molar-refractivity contribution in [2.24, 2.45) is 10.9 Å². The molecule has 0 saturated carbocycles. The van der Waals surface area contributed by atoms with Crippen molar-refractivity contribution in [3.63, 3.8) is 0 Å². The van der Waals surface area contributed by atoms with Crippen LogP contribution in [0.1, 0.15) is 24.2 Å². The minimum atomic E-state index is 0. The molecule has 0 aliphatic carbocycles. The molecule has 3 rings (SSSR count). The van der Waals surface area contributed by atoms with Gasteiger partial charge in [-0.1, -0.05) is 30.3 Å². The van der Waals surface area contributed by atoms with Gasteiger partial charge in [0, 0.05) is 38.6 Å². The van der Waals surface area contributed by atoms with Crippen molar-refractivity contribution in [3.8, 4) is 0 Å². The Morgan fingerprint density at radius 1 is 1.04 bits per heavy atom. The largest absolute Gasteiger partial charge is 0.469 e. The molecule has 1 unspecified atom stereocenters. The van der Waals surface area contributed by atoms with Crippen LogP contribution in [0.2, 0.25) is 0 Å². The number of aryl methyl sites for hydroxylation is 1. The van der Waals surface area contributed by atoms with Gasteiger partial charge < -0.3 is 19.8 Å². The Morgan fingerprint density at radius 2 is 1.89 bits per heavy atom. The standard InChI is InChI=1S/C21H29N3O2.HI/c1-2-6-18(7-3-1)8-4-12-22-21(24-16-19-11-15-25-17-19)23-13-10-20-9-5-14-26-20;/h1-3,5-7,9,14,19H,4,8,10-13,15-17H2,(H2,22,23,24);1H. The fourth-order valence-corrected chi connectivity index (χ4v) is 3.02. The summed E-state index contributed by atoms with van der Waals surface area (Å²) >= 11 is 0. The van der Waals surface area contributed by atoms with Gasteiger partial charge in [0.25, 0.3) is 0 Å². The molecule has 0 radical (unpaired) electrons. The van der Waals surface area contributed by atoms with Crippen LogP contribution in [0.4, 0.5) is 0 Å². The average Bonchev–Trinajstić information content (AvgIpc) is 3.37. The Balaban J connectivity index is 0.00000261. The number of halogens is 1. The number of hydrogen-bond acceptors (Lipinski definition) is 3. The van der Waals surface area contributed by atoms with Gasteiger partial charge in [-0.2, -0.15) is 0 Å². The Hall–Kier alpha value is -1.54. The minimum absolute atomic E-state index is 0. The number of benzene rings is 1. The van der Waals surface area contributed by atoms with Crippen molar-refractivity contribution < 1.29 is 9.15 Å². The van der Waals surface area contributed by atoms with Crippen LogP contribution in [-0.4, -0.2) is 38.8 Å². The van der Waals surface area contributed by atoms with Gasteiger partial charge in [0.2, 0.25) is 0 Å². The van der Waals surface area contributed by atoms with Crippen LogP contribution in [0, 0.1) is 5.92 Å². The molecule has 2 N–H and O–H groups in total. The molecule has 0 amide bonds. The molecule has 27 heavy (non-hydrogen) atoms. The summed E-state index contributed by atoms with van der Waals surface area (Å²) in [5.74, 6) is 2.42. The van der Waals surface area contributed by atoms with E-state index in [1.165, 1.54) is 5.56 Å². The van der Waals surface area contributed by atoms with Crippen molar-refractivity contribution in [1.82, 2.24) is 10.6 Å². The van der Waals surface area contributed by atoms with Crippen molar-refractivity contribution >= 4 is 29.9 Å². The summed E-state index contributed by atoms with van der Waals surface area (Å²) in [4.78, 5) is 4.75. The van der Waals surface area contributed by atoms with E-state index in [0.717, 1.165) is 70.3 Å². The Morgan fingerprint density at radius 3 is 2.63 bits per heavy atom. The van der Waals surface area contributed by atoms with Crippen LogP contribution in [-0.2, 0) is 17.6 Å². The van der Waals surface area contributed by atoms with E-state index in [2.05, 4.69) is 41.0 Å². The highest BCUT2D eigenvalue weighted by Gasteiger charge is 2.15. The lowest BCUT2D eigenvalue weighted by atomic mass is 10.1. The maximum atomic E-state index is 5.44. The van der Waals surface area contributed by atoms with Gasteiger partial charge in [-0.25, -0.2) is 0 Å². The van der Waals surface area contributed by atoms with Crippen LogP contribution >= 0.6 is 24.0 Å². The van der Waals surface area contributed by atoms with E-state index in [0.29, 0.717) is 5.92 Å². The summed E-state index contributed by atoms with van der Waals surface area (Å²) in [5, 5.41) is 6.88. The number of nitrogens with zero attached hydrogens (tertiary/aromatic N) is 1. The molecule has 1 fully saturated rings. The first-order valence-corrected chi connectivity index (χ1v) is 9.56. The van der Waals surface area contributed by atoms with E-state index in [1.807, 2.05) is 12.1 Å².